The van der Waals surface area contributed by atoms with Crippen LogP contribution in [0.1, 0.15) is 180 Å². The van der Waals surface area contributed by atoms with Gasteiger partial charge in [0, 0.05) is 18.2 Å². The van der Waals surface area contributed by atoms with Crippen molar-refractivity contribution < 1.29 is 18.1 Å². The fourth-order valence-electron chi connectivity index (χ4n) is 9.00. The maximum absolute atomic E-state index is 12.3. The highest BCUT2D eigenvalue weighted by molar-refractivity contribution is 14.1. The Morgan fingerprint density at radius 1 is 0.736 bits per heavy atom. The first-order chi connectivity index (χ1) is 24.3. The van der Waals surface area contributed by atoms with Gasteiger partial charge >= 0.3 is 0 Å². The Bertz CT molecular complexity index is 1160. The number of halogens is 1. The number of thioether (sulfide) groups is 1. The molecule has 310 valence electrons. The molecule has 0 aliphatic rings. The third kappa shape index (κ3) is 12.8. The highest BCUT2D eigenvalue weighted by Gasteiger charge is 2.50. The van der Waals surface area contributed by atoms with Crippen molar-refractivity contribution in [2.75, 3.05) is 10.2 Å². The molecule has 0 N–H and O–H groups in total. The Morgan fingerprint density at radius 3 is 1.47 bits per heavy atom. The van der Waals surface area contributed by atoms with Gasteiger partial charge in [-0.1, -0.05) is 165 Å². The second kappa shape index (κ2) is 21.8. The van der Waals surface area contributed by atoms with Crippen molar-refractivity contribution in [3.63, 3.8) is 0 Å². The molecule has 53 heavy (non-hydrogen) atoms. The predicted molar refractivity (Wildman–Crippen MR) is 254 cm³/mol. The third-order valence-corrected chi connectivity index (χ3v) is 30.7. The molecule has 0 aromatic heterocycles. The standard InChI is InChI=1S/C44H85IO4SSi3/c1-21-22-23-38(25-27-50-37(15)46)42-40(47-52(30(2)3,31(4)5)32(6)7)28-39(29-41(42)48-53(33(8)9,34(10)11)35(12)13)43(36(14)24-26-45)49-51(19,20)44(16,17)18/h28-36,38,43H,21-27H2,1-20H3/t36-,38-,43+/m0/s1. The van der Waals surface area contributed by atoms with E-state index < -0.39 is 25.0 Å². The average molecular weight is 921 g/mol. The summed E-state index contributed by atoms with van der Waals surface area (Å²) in [5.74, 6) is 3.44. The molecular weight excluding hydrogens is 836 g/mol. The second-order valence-corrected chi connectivity index (χ2v) is 37.3. The maximum atomic E-state index is 12.3. The van der Waals surface area contributed by atoms with E-state index in [-0.39, 0.29) is 22.2 Å². The van der Waals surface area contributed by atoms with Crippen LogP contribution in [0.3, 0.4) is 0 Å². The van der Waals surface area contributed by atoms with E-state index in [1.807, 2.05) is 0 Å². The summed E-state index contributed by atoms with van der Waals surface area (Å²) < 4.78 is 24.5. The monoisotopic (exact) mass is 920 g/mol. The second-order valence-electron chi connectivity index (χ2n) is 19.5. The molecule has 0 radical (unpaired) electrons. The molecule has 0 fully saturated rings. The van der Waals surface area contributed by atoms with Gasteiger partial charge in [-0.3, -0.25) is 4.79 Å². The van der Waals surface area contributed by atoms with E-state index in [0.717, 1.165) is 53.8 Å². The SMILES string of the molecule is CCCC[C@@H](CCSC(C)=O)c1c(O[Si](C(C)C)(C(C)C)C(C)C)cc([C@H](O[Si](C)(C)C(C)(C)C)[C@@H](C)CCI)cc1O[Si](C(C)C)(C(C)C)C(C)C. The Balaban J connectivity index is 4.68. The van der Waals surface area contributed by atoms with E-state index in [1.165, 1.54) is 22.9 Å². The van der Waals surface area contributed by atoms with Crippen molar-refractivity contribution >= 4 is 64.4 Å². The normalized spacial score (nSPS) is 15.3. The topological polar surface area (TPSA) is 44.8 Å². The molecule has 1 rings (SSSR count). The molecule has 0 aliphatic heterocycles. The molecular formula is C44H85IO4SSi3. The summed E-state index contributed by atoms with van der Waals surface area (Å²) in [6.45, 7) is 47.0. The first-order valence-electron chi connectivity index (χ1n) is 21.2. The fourth-order valence-corrected chi connectivity index (χ4v) is 22.5. The molecule has 0 aliphatic carbocycles. The molecule has 0 bridgehead atoms. The van der Waals surface area contributed by atoms with Crippen molar-refractivity contribution in [1.82, 2.24) is 0 Å². The van der Waals surface area contributed by atoms with Crippen LogP contribution >= 0.6 is 34.4 Å². The van der Waals surface area contributed by atoms with Gasteiger partial charge in [-0.05, 0) is 105 Å². The van der Waals surface area contributed by atoms with Crippen LogP contribution in [0.4, 0.5) is 0 Å². The number of unbranched alkanes of at least 4 members (excludes halogenated alkanes) is 1. The minimum absolute atomic E-state index is 0.0619. The van der Waals surface area contributed by atoms with Crippen LogP contribution in [0.15, 0.2) is 12.1 Å². The van der Waals surface area contributed by atoms with Gasteiger partial charge in [0.05, 0.1) is 6.10 Å². The number of carbonyl (C=O) groups excluding carboxylic acids is 1. The van der Waals surface area contributed by atoms with Crippen molar-refractivity contribution in [1.29, 1.82) is 0 Å². The van der Waals surface area contributed by atoms with Crippen LogP contribution in [0.5, 0.6) is 11.5 Å². The van der Waals surface area contributed by atoms with Crippen molar-refractivity contribution in [2.45, 2.75) is 220 Å². The zero-order valence-corrected chi connectivity index (χ0v) is 44.2. The lowest BCUT2D eigenvalue weighted by Crippen LogP contribution is -2.51. The first kappa shape index (κ1) is 51.2. The molecule has 9 heteroatoms. The number of alkyl halides is 1. The average Bonchev–Trinajstić information content (AvgIpc) is 3.01. The quantitative estimate of drug-likeness (QED) is 0.0622. The van der Waals surface area contributed by atoms with Crippen molar-refractivity contribution in [3.8, 4) is 11.5 Å². The lowest BCUT2D eigenvalue weighted by Gasteiger charge is -2.46. The van der Waals surface area contributed by atoms with Crippen molar-refractivity contribution in [2.24, 2.45) is 5.92 Å². The van der Waals surface area contributed by atoms with Gasteiger partial charge in [0.1, 0.15) is 11.5 Å². The summed E-state index contributed by atoms with van der Waals surface area (Å²) in [6.07, 6.45) is 5.25. The molecule has 0 saturated carbocycles. The van der Waals surface area contributed by atoms with E-state index in [2.05, 4.69) is 166 Å². The summed E-state index contributed by atoms with van der Waals surface area (Å²) in [5, 5.41) is 0.270. The Morgan fingerprint density at radius 2 is 1.15 bits per heavy atom. The zero-order valence-electron chi connectivity index (χ0n) is 38.2. The number of rotatable bonds is 23. The maximum Gasteiger partial charge on any atom is 0.258 e. The highest BCUT2D eigenvalue weighted by Crippen LogP contribution is 2.53. The van der Waals surface area contributed by atoms with Gasteiger partial charge in [0.25, 0.3) is 16.6 Å². The van der Waals surface area contributed by atoms with Gasteiger partial charge < -0.3 is 13.3 Å². The molecule has 0 amide bonds. The Hall–Kier alpha value is 0.181. The third-order valence-electron chi connectivity index (χ3n) is 12.8. The lowest BCUT2D eigenvalue weighted by atomic mass is 9.87. The minimum atomic E-state index is -2.39. The molecule has 0 saturated heterocycles. The number of hydrogen-bond acceptors (Lipinski definition) is 5. The summed E-state index contributed by atoms with van der Waals surface area (Å²) in [4.78, 5) is 12.3. The van der Waals surface area contributed by atoms with Crippen LogP contribution in [-0.2, 0) is 9.22 Å². The van der Waals surface area contributed by atoms with Gasteiger partial charge in [-0.2, -0.15) is 0 Å². The zero-order chi connectivity index (χ0) is 41.3. The number of benzene rings is 1. The summed E-state index contributed by atoms with van der Waals surface area (Å²) in [5.41, 5.74) is 5.05. The largest absolute Gasteiger partial charge is 0.542 e. The van der Waals surface area contributed by atoms with E-state index >= 15 is 0 Å². The Kier molecular flexibility index (Phi) is 21.1. The highest BCUT2D eigenvalue weighted by atomic mass is 127. The molecule has 1 aromatic rings. The van der Waals surface area contributed by atoms with Crippen LogP contribution in [0, 0.1) is 5.92 Å². The predicted octanol–water partition coefficient (Wildman–Crippen LogP) is 16.3. The molecule has 0 unspecified atom stereocenters. The van der Waals surface area contributed by atoms with Gasteiger partial charge in [-0.25, -0.2) is 0 Å². The van der Waals surface area contributed by atoms with Crippen LogP contribution < -0.4 is 8.85 Å². The Labute approximate surface area is 351 Å². The molecule has 0 heterocycles. The first-order valence-corrected chi connectivity index (χ1v) is 30.9. The summed E-state index contributed by atoms with van der Waals surface area (Å²) >= 11 is 4.00. The summed E-state index contributed by atoms with van der Waals surface area (Å²) in [6, 6.07) is 4.86. The van der Waals surface area contributed by atoms with Gasteiger partial charge in [0.2, 0.25) is 0 Å². The van der Waals surface area contributed by atoms with Crippen LogP contribution in [-0.4, -0.2) is 40.2 Å². The van der Waals surface area contributed by atoms with E-state index in [9.17, 15) is 4.79 Å². The molecule has 1 aromatic carbocycles. The molecule has 4 nitrogen and oxygen atoms in total. The molecule has 0 spiro atoms. The number of hydrogen-bond donors (Lipinski definition) is 0. The van der Waals surface area contributed by atoms with Crippen molar-refractivity contribution in [3.05, 3.63) is 23.3 Å². The van der Waals surface area contributed by atoms with Crippen LogP contribution in [0.2, 0.25) is 51.4 Å². The van der Waals surface area contributed by atoms with Gasteiger partial charge in [0.15, 0.2) is 13.4 Å². The van der Waals surface area contributed by atoms with Gasteiger partial charge in [-0.15, -0.1) is 0 Å². The molecule has 3 atom stereocenters. The van der Waals surface area contributed by atoms with E-state index in [1.54, 1.807) is 6.92 Å². The summed E-state index contributed by atoms with van der Waals surface area (Å²) in [7, 11) is -6.93. The fraction of sp³-hybridized carbons (Fsp3) is 0.841. The lowest BCUT2D eigenvalue weighted by molar-refractivity contribution is -0.109. The van der Waals surface area contributed by atoms with Crippen LogP contribution in [0.25, 0.3) is 0 Å². The van der Waals surface area contributed by atoms with E-state index in [0.29, 0.717) is 39.2 Å². The minimum Gasteiger partial charge on any atom is -0.542 e. The number of carbonyl (C=O) groups is 1. The van der Waals surface area contributed by atoms with E-state index in [4.69, 9.17) is 13.3 Å². The smallest absolute Gasteiger partial charge is 0.258 e.